The summed E-state index contributed by atoms with van der Waals surface area (Å²) in [6.07, 6.45) is 1.39. The van der Waals surface area contributed by atoms with Gasteiger partial charge in [0.1, 0.15) is 31.8 Å². The number of nitrogens with one attached hydrogen (secondary N) is 1. The molecule has 2 bridgehead atoms. The number of carbonyl (C=O) groups is 2. The number of anilines is 1. The van der Waals surface area contributed by atoms with Crippen LogP contribution in [0.1, 0.15) is 24.0 Å². The first kappa shape index (κ1) is 28.5. The Balaban J connectivity index is 1.51. The lowest BCUT2D eigenvalue weighted by molar-refractivity contribution is -0.123. The Labute approximate surface area is 238 Å². The van der Waals surface area contributed by atoms with Gasteiger partial charge in [-0.15, -0.1) is 0 Å². The molecule has 0 aromatic heterocycles. The summed E-state index contributed by atoms with van der Waals surface area (Å²) in [5, 5.41) is 0.619. The molecular formula is C27H32ClN3O8S. The lowest BCUT2D eigenvalue weighted by Crippen LogP contribution is -2.46. The number of amides is 2. The number of halogens is 1. The lowest BCUT2D eigenvalue weighted by atomic mass is 9.81. The summed E-state index contributed by atoms with van der Waals surface area (Å²) < 4.78 is 51.7. The fourth-order valence-corrected chi connectivity index (χ4v) is 6.02. The minimum Gasteiger partial charge on any atom is -0.487 e. The molecule has 1 saturated carbocycles. The number of carbonyl (C=O) groups excluding carboxylic acids is 2. The normalized spacial score (nSPS) is 24.1. The second kappa shape index (κ2) is 12.2. The van der Waals surface area contributed by atoms with E-state index in [-0.39, 0.29) is 43.4 Å². The molecule has 1 N–H and O–H groups in total. The van der Waals surface area contributed by atoms with Crippen molar-refractivity contribution in [3.05, 3.63) is 52.5 Å². The molecule has 11 nitrogen and oxygen atoms in total. The fraction of sp³-hybridized carbons (Fsp3) is 0.481. The summed E-state index contributed by atoms with van der Waals surface area (Å²) in [4.78, 5) is 28.2. The number of hydrogen-bond acceptors (Lipinski definition) is 9. The van der Waals surface area contributed by atoms with Crippen molar-refractivity contribution in [3.63, 3.8) is 0 Å². The standard InChI is InChI=1S/C27H32ClN3O8S/c1-30-9-11-36-16-26(32)29-40(34,35)22-5-7-25-23(13-22)31(14-19-3-6-24(19)39-27(30)33)17-37-10-8-18-12-21(28)4-2-20(18)15-38-25/h2,4-5,7,12-13,19,24H,3,6,8-11,14-17H2,1H3,(H,29,32)/t19-,24+/m0/s1. The van der Waals surface area contributed by atoms with Crippen LogP contribution < -0.4 is 14.4 Å². The summed E-state index contributed by atoms with van der Waals surface area (Å²) in [5.74, 6) is -0.372. The number of likely N-dealkylation sites (N-methyl/N-ethyl adjacent to an activating group) is 1. The predicted octanol–water partition coefficient (Wildman–Crippen LogP) is 2.94. The van der Waals surface area contributed by atoms with E-state index in [2.05, 4.69) is 4.72 Å². The Hall–Kier alpha value is -3.06. The van der Waals surface area contributed by atoms with Gasteiger partial charge in [-0.05, 0) is 60.7 Å². The molecule has 0 spiro atoms. The third kappa shape index (κ3) is 6.63. The van der Waals surface area contributed by atoms with Crippen molar-refractivity contribution in [2.45, 2.75) is 36.9 Å². The molecule has 2 aromatic carbocycles. The van der Waals surface area contributed by atoms with Gasteiger partial charge in [0, 0.05) is 31.1 Å². The van der Waals surface area contributed by atoms with Crippen LogP contribution in [-0.2, 0) is 42.1 Å². The van der Waals surface area contributed by atoms with Gasteiger partial charge in [-0.3, -0.25) is 4.79 Å². The number of benzene rings is 2. The zero-order valence-corrected chi connectivity index (χ0v) is 23.7. The SMILES string of the molecule is CN1CCOCC(=O)NS(=O)(=O)c2ccc3c(c2)N(COCCc2cc(Cl)ccc2CO3)C[C@@H]2CC[C@H]2OC1=O. The average molecular weight is 594 g/mol. The number of fused-ring (bicyclic) bond motifs is 3. The number of hydrogen-bond donors (Lipinski definition) is 1. The Morgan fingerprint density at radius 3 is 2.65 bits per heavy atom. The Bertz CT molecular complexity index is 1370. The molecule has 216 valence electrons. The number of sulfonamides is 1. The first-order valence-corrected chi connectivity index (χ1v) is 15.0. The van der Waals surface area contributed by atoms with E-state index in [4.69, 9.17) is 30.5 Å². The largest absolute Gasteiger partial charge is 0.487 e. The molecule has 0 saturated heterocycles. The minimum absolute atomic E-state index is 0.00170. The number of nitrogens with zero attached hydrogens (tertiary/aromatic N) is 2. The van der Waals surface area contributed by atoms with Crippen LogP contribution >= 0.6 is 11.6 Å². The lowest BCUT2D eigenvalue weighted by Gasteiger charge is -2.40. The molecule has 40 heavy (non-hydrogen) atoms. The summed E-state index contributed by atoms with van der Waals surface area (Å²) in [6.45, 7) is 0.979. The van der Waals surface area contributed by atoms with E-state index in [1.807, 2.05) is 17.0 Å². The van der Waals surface area contributed by atoms with E-state index in [0.29, 0.717) is 36.0 Å². The van der Waals surface area contributed by atoms with Gasteiger partial charge in [-0.1, -0.05) is 17.7 Å². The quantitative estimate of drug-likeness (QED) is 0.491. The van der Waals surface area contributed by atoms with Crippen LogP contribution in [0, 0.1) is 5.92 Å². The van der Waals surface area contributed by atoms with Gasteiger partial charge in [-0.2, -0.15) is 0 Å². The second-order valence-electron chi connectivity index (χ2n) is 10.1. The van der Waals surface area contributed by atoms with E-state index >= 15 is 0 Å². The van der Waals surface area contributed by atoms with Gasteiger partial charge in [-0.25, -0.2) is 17.9 Å². The van der Waals surface area contributed by atoms with Crippen molar-refractivity contribution >= 4 is 39.3 Å². The Kier molecular flexibility index (Phi) is 8.69. The Morgan fingerprint density at radius 1 is 1.00 bits per heavy atom. The molecule has 0 unspecified atom stereocenters. The van der Waals surface area contributed by atoms with Gasteiger partial charge in [0.25, 0.3) is 15.9 Å². The molecule has 2 heterocycles. The zero-order valence-electron chi connectivity index (χ0n) is 22.1. The highest BCUT2D eigenvalue weighted by molar-refractivity contribution is 7.90. The van der Waals surface area contributed by atoms with E-state index in [1.165, 1.54) is 17.0 Å². The zero-order chi connectivity index (χ0) is 28.3. The summed E-state index contributed by atoms with van der Waals surface area (Å²) in [6, 6.07) is 10.0. The smallest absolute Gasteiger partial charge is 0.409 e. The fourth-order valence-electron chi connectivity index (χ4n) is 4.84. The summed E-state index contributed by atoms with van der Waals surface area (Å²) in [7, 11) is -2.62. The maximum Gasteiger partial charge on any atom is 0.409 e. The molecule has 13 heteroatoms. The topological polar surface area (TPSA) is 124 Å². The monoisotopic (exact) mass is 593 g/mol. The van der Waals surface area contributed by atoms with E-state index in [9.17, 15) is 18.0 Å². The molecule has 2 aliphatic heterocycles. The summed E-state index contributed by atoms with van der Waals surface area (Å²) >= 11 is 6.23. The van der Waals surface area contributed by atoms with Crippen LogP contribution in [0.15, 0.2) is 41.3 Å². The highest BCUT2D eigenvalue weighted by atomic mass is 35.5. The van der Waals surface area contributed by atoms with Gasteiger partial charge in [0.05, 0.1) is 23.8 Å². The van der Waals surface area contributed by atoms with Crippen LogP contribution in [0.5, 0.6) is 5.75 Å². The molecule has 2 aromatic rings. The number of ether oxygens (including phenoxy) is 4. The molecule has 2 amide bonds. The molecule has 1 fully saturated rings. The van der Waals surface area contributed by atoms with Crippen LogP contribution in [0.3, 0.4) is 0 Å². The third-order valence-electron chi connectivity index (χ3n) is 7.31. The van der Waals surface area contributed by atoms with E-state index < -0.39 is 28.6 Å². The third-order valence-corrected chi connectivity index (χ3v) is 8.92. The van der Waals surface area contributed by atoms with Gasteiger partial charge >= 0.3 is 6.09 Å². The first-order valence-electron chi connectivity index (χ1n) is 13.1. The van der Waals surface area contributed by atoms with Crippen molar-refractivity contribution < 1.29 is 37.0 Å². The van der Waals surface area contributed by atoms with Crippen LogP contribution in [-0.4, -0.2) is 78.1 Å². The summed E-state index contributed by atoms with van der Waals surface area (Å²) in [5.41, 5.74) is 2.43. The van der Waals surface area contributed by atoms with Gasteiger partial charge < -0.3 is 28.7 Å². The van der Waals surface area contributed by atoms with Crippen molar-refractivity contribution in [2.75, 3.05) is 51.6 Å². The first-order chi connectivity index (χ1) is 19.2. The molecule has 1 aliphatic carbocycles. The molecular weight excluding hydrogens is 562 g/mol. The van der Waals surface area contributed by atoms with E-state index in [1.54, 1.807) is 19.2 Å². The highest BCUT2D eigenvalue weighted by Gasteiger charge is 2.37. The maximum atomic E-state index is 13.1. The van der Waals surface area contributed by atoms with E-state index in [0.717, 1.165) is 24.0 Å². The van der Waals surface area contributed by atoms with Crippen LogP contribution in [0.25, 0.3) is 0 Å². The molecule has 0 radical (unpaired) electrons. The Morgan fingerprint density at radius 2 is 1.85 bits per heavy atom. The minimum atomic E-state index is -4.20. The van der Waals surface area contributed by atoms with Crippen molar-refractivity contribution in [2.24, 2.45) is 5.92 Å². The molecule has 2 atom stereocenters. The van der Waals surface area contributed by atoms with Crippen molar-refractivity contribution in [1.82, 2.24) is 9.62 Å². The van der Waals surface area contributed by atoms with Gasteiger partial charge in [0.2, 0.25) is 0 Å². The van der Waals surface area contributed by atoms with Crippen LogP contribution in [0.2, 0.25) is 5.02 Å². The molecule has 5 rings (SSSR count). The highest BCUT2D eigenvalue weighted by Crippen LogP contribution is 2.37. The second-order valence-corrected chi connectivity index (χ2v) is 12.2. The van der Waals surface area contributed by atoms with Crippen molar-refractivity contribution in [3.8, 4) is 5.75 Å². The number of rotatable bonds is 0. The maximum absolute atomic E-state index is 13.1. The van der Waals surface area contributed by atoms with Crippen molar-refractivity contribution in [1.29, 1.82) is 0 Å². The molecule has 3 aliphatic rings. The van der Waals surface area contributed by atoms with Gasteiger partial charge in [0.15, 0.2) is 0 Å². The predicted molar refractivity (Wildman–Crippen MR) is 146 cm³/mol. The average Bonchev–Trinajstić information content (AvgIpc) is 2.94. The van der Waals surface area contributed by atoms with Crippen LogP contribution in [0.4, 0.5) is 10.5 Å².